The van der Waals surface area contributed by atoms with E-state index < -0.39 is 0 Å². The van der Waals surface area contributed by atoms with E-state index in [9.17, 15) is 0 Å². The van der Waals surface area contributed by atoms with E-state index >= 15 is 0 Å². The van der Waals surface area contributed by atoms with Crippen LogP contribution in [0.1, 0.15) is 1.37 Å². The highest BCUT2D eigenvalue weighted by atomic mass is 79.9. The molecule has 0 nitrogen and oxygen atoms in total. The van der Waals surface area contributed by atoms with Crippen LogP contribution in [-0.4, -0.2) is 0 Å². The Kier molecular flexibility index (Phi) is 2.25. The van der Waals surface area contributed by atoms with Crippen LogP contribution in [0, 0.1) is 0 Å². The summed E-state index contributed by atoms with van der Waals surface area (Å²) in [6, 6.07) is 4.16. The van der Waals surface area contributed by atoms with Gasteiger partial charge in [0.2, 0.25) is 0 Å². The van der Waals surface area contributed by atoms with Gasteiger partial charge in [0.15, 0.2) is 0 Å². The lowest BCUT2D eigenvalue weighted by molar-refractivity contribution is 1.56. The second kappa shape index (κ2) is 3.17. The van der Waals surface area contributed by atoms with Gasteiger partial charge in [-0.15, -0.1) is 0 Å². The van der Waals surface area contributed by atoms with E-state index in [-0.39, 0.29) is 0 Å². The second-order valence-electron chi connectivity index (χ2n) is 1.49. The van der Waals surface area contributed by atoms with Crippen molar-refractivity contribution in [2.75, 3.05) is 0 Å². The van der Waals surface area contributed by atoms with E-state index in [2.05, 4.69) is 47.8 Å². The molecule has 0 spiro atoms. The maximum absolute atomic E-state index is 7.43. The van der Waals surface area contributed by atoms with E-state index in [4.69, 9.17) is 1.37 Å². The molecule has 48 valence electrons. The van der Waals surface area contributed by atoms with Crippen LogP contribution in [0.15, 0.2) is 31.6 Å². The highest BCUT2D eigenvalue weighted by Gasteiger charge is 1.91. The second-order valence-corrected chi connectivity index (χ2v) is 4.12. The Morgan fingerprint density at radius 1 is 1.00 bits per heavy atom. The highest BCUT2D eigenvalue weighted by Crippen LogP contribution is 2.23. The summed E-state index contributed by atoms with van der Waals surface area (Å²) in [6.07, 6.45) is 0. The lowest BCUT2D eigenvalue weighted by atomic mass is 10.4. The lowest BCUT2D eigenvalue weighted by Gasteiger charge is -1.92. The molecular formula is C6H3Br3. The minimum Gasteiger partial charge on any atom is -0.0508 e. The van der Waals surface area contributed by atoms with Crippen molar-refractivity contribution in [2.45, 2.75) is 0 Å². The van der Waals surface area contributed by atoms with Gasteiger partial charge in [0, 0.05) is 13.4 Å². The van der Waals surface area contributed by atoms with Crippen LogP contribution in [0.25, 0.3) is 0 Å². The maximum atomic E-state index is 7.43. The summed E-state index contributed by atoms with van der Waals surface area (Å²) in [4.78, 5) is 0. The molecule has 9 heavy (non-hydrogen) atoms. The minimum atomic E-state index is 0.475. The molecule has 0 atom stereocenters. The number of hydrogen-bond acceptors (Lipinski definition) is 0. The molecule has 0 saturated carbocycles. The van der Waals surface area contributed by atoms with Gasteiger partial charge in [0.05, 0.1) is 1.37 Å². The predicted octanol–water partition coefficient (Wildman–Crippen LogP) is 3.97. The molecular weight excluding hydrogens is 312 g/mol. The molecule has 0 fully saturated rings. The molecule has 0 aliphatic heterocycles. The van der Waals surface area contributed by atoms with Crippen molar-refractivity contribution in [2.24, 2.45) is 0 Å². The third kappa shape index (κ3) is 2.40. The molecule has 0 saturated heterocycles. The molecule has 0 heterocycles. The van der Waals surface area contributed by atoms with Gasteiger partial charge in [-0.1, -0.05) is 47.8 Å². The van der Waals surface area contributed by atoms with Gasteiger partial charge >= 0.3 is 0 Å². The van der Waals surface area contributed by atoms with Crippen LogP contribution in [0.3, 0.4) is 0 Å². The van der Waals surface area contributed by atoms with Gasteiger partial charge in [-0.05, 0) is 18.2 Å². The Labute approximate surface area is 80.4 Å². The van der Waals surface area contributed by atoms with E-state index in [1.165, 1.54) is 0 Å². The average molecular weight is 316 g/mol. The Bertz CT molecular complexity index is 236. The Morgan fingerprint density at radius 2 is 1.44 bits per heavy atom. The zero-order valence-corrected chi connectivity index (χ0v) is 9.05. The summed E-state index contributed by atoms with van der Waals surface area (Å²) in [7, 11) is 0. The Balaban J connectivity index is 3.31. The Hall–Kier alpha value is 0.660. The molecule has 0 aliphatic rings. The van der Waals surface area contributed by atoms with E-state index in [1.54, 1.807) is 0 Å². The molecule has 0 bridgehead atoms. The van der Waals surface area contributed by atoms with Crippen LogP contribution in [0.4, 0.5) is 0 Å². The van der Waals surface area contributed by atoms with Gasteiger partial charge in [-0.2, -0.15) is 0 Å². The quantitative estimate of drug-likeness (QED) is 0.679. The van der Waals surface area contributed by atoms with Gasteiger partial charge in [0.25, 0.3) is 0 Å². The zero-order valence-electron chi connectivity index (χ0n) is 5.29. The predicted molar refractivity (Wildman–Crippen MR) is 49.5 cm³/mol. The number of halogens is 3. The largest absolute Gasteiger partial charge is 0.0647 e. The van der Waals surface area contributed by atoms with Crippen LogP contribution in [0.2, 0.25) is 0 Å². The summed E-state index contributed by atoms with van der Waals surface area (Å²) < 4.78 is 9.96. The van der Waals surface area contributed by atoms with Crippen molar-refractivity contribution in [1.29, 1.82) is 0 Å². The van der Waals surface area contributed by atoms with Crippen LogP contribution >= 0.6 is 47.8 Å². The van der Waals surface area contributed by atoms with E-state index in [0.717, 1.165) is 13.4 Å². The summed E-state index contributed by atoms with van der Waals surface area (Å²) in [6.45, 7) is 0. The van der Waals surface area contributed by atoms with Gasteiger partial charge in [0.1, 0.15) is 0 Å². The van der Waals surface area contributed by atoms with Crippen molar-refractivity contribution in [1.82, 2.24) is 0 Å². The van der Waals surface area contributed by atoms with Crippen molar-refractivity contribution >= 4 is 47.8 Å². The molecule has 0 N–H and O–H groups in total. The van der Waals surface area contributed by atoms with Crippen molar-refractivity contribution in [3.63, 3.8) is 0 Å². The molecule has 0 aromatic heterocycles. The molecule has 0 unspecified atom stereocenters. The van der Waals surface area contributed by atoms with Crippen molar-refractivity contribution in [3.05, 3.63) is 31.6 Å². The first-order chi connectivity index (χ1) is 4.61. The van der Waals surface area contributed by atoms with Gasteiger partial charge in [-0.3, -0.25) is 0 Å². The molecule has 0 amide bonds. The normalized spacial score (nSPS) is 11.2. The van der Waals surface area contributed by atoms with E-state index in [1.807, 2.05) is 12.1 Å². The molecule has 1 aromatic rings. The molecule has 1 aromatic carbocycles. The summed E-state index contributed by atoms with van der Waals surface area (Å²) >= 11 is 9.80. The van der Waals surface area contributed by atoms with Crippen molar-refractivity contribution in [3.8, 4) is 0 Å². The van der Waals surface area contributed by atoms with Crippen LogP contribution in [0.5, 0.6) is 0 Å². The fraction of sp³-hybridized carbons (Fsp3) is 0. The molecule has 0 radical (unpaired) electrons. The van der Waals surface area contributed by atoms with Crippen LogP contribution < -0.4 is 0 Å². The monoisotopic (exact) mass is 313 g/mol. The standard InChI is InChI=1S/C6H3Br3/c7-4-1-5(8)3-6(9)2-4/h1-3H/i1D. The zero-order chi connectivity index (χ0) is 7.72. The number of rotatable bonds is 0. The summed E-state index contributed by atoms with van der Waals surface area (Å²) in [5, 5.41) is 0. The SMILES string of the molecule is [2H]c1c(Br)cc(Br)cc1Br. The Morgan fingerprint density at radius 3 is 1.89 bits per heavy atom. The third-order valence-corrected chi connectivity index (χ3v) is 2.08. The summed E-state index contributed by atoms with van der Waals surface area (Å²) in [5.74, 6) is 0. The van der Waals surface area contributed by atoms with Crippen LogP contribution in [-0.2, 0) is 0 Å². The minimum absolute atomic E-state index is 0.475. The highest BCUT2D eigenvalue weighted by molar-refractivity contribution is 9.11. The molecule has 0 aliphatic carbocycles. The first-order valence-corrected chi connectivity index (χ1v) is 4.60. The van der Waals surface area contributed by atoms with Gasteiger partial charge in [-0.25, -0.2) is 0 Å². The third-order valence-electron chi connectivity index (χ3n) is 0.768. The topological polar surface area (TPSA) is 0 Å². The summed E-state index contributed by atoms with van der Waals surface area (Å²) in [5.41, 5.74) is 0. The number of hydrogen-bond donors (Lipinski definition) is 0. The smallest absolute Gasteiger partial charge is 0.0508 e. The van der Waals surface area contributed by atoms with Gasteiger partial charge < -0.3 is 0 Å². The fourth-order valence-corrected chi connectivity index (χ4v) is 2.73. The van der Waals surface area contributed by atoms with Crippen molar-refractivity contribution < 1.29 is 1.37 Å². The lowest BCUT2D eigenvalue weighted by Crippen LogP contribution is -1.66. The average Bonchev–Trinajstić information content (AvgIpc) is 1.82. The molecule has 3 heteroatoms. The maximum Gasteiger partial charge on any atom is 0.0647 e. The first kappa shape index (κ1) is 6.38. The van der Waals surface area contributed by atoms with E-state index in [0.29, 0.717) is 6.04 Å². The fourth-order valence-electron chi connectivity index (χ4n) is 0.470. The molecule has 1 rings (SSSR count). The first-order valence-electron chi connectivity index (χ1n) is 2.72. The number of benzene rings is 1.